The molecule has 3 N–H and O–H groups in total. The zero-order chi connectivity index (χ0) is 15.2. The number of rotatable bonds is 7. The van der Waals surface area contributed by atoms with Crippen molar-refractivity contribution in [1.82, 2.24) is 15.3 Å². The van der Waals surface area contributed by atoms with E-state index in [1.807, 2.05) is 20.8 Å². The van der Waals surface area contributed by atoms with Crippen molar-refractivity contribution in [3.8, 4) is 0 Å². The molecule has 0 radical (unpaired) electrons. The van der Waals surface area contributed by atoms with Crippen LogP contribution in [0.5, 0.6) is 0 Å². The van der Waals surface area contributed by atoms with Gasteiger partial charge in [0.15, 0.2) is 0 Å². The fraction of sp³-hybridized carbons (Fsp3) is 0.643. The van der Waals surface area contributed by atoms with E-state index in [2.05, 4.69) is 32.8 Å². The SMILES string of the molecule is CCCNc1ncnc(NCC(C)(C)C(=O)NC)c1C. The van der Waals surface area contributed by atoms with Crippen LogP contribution in [0.25, 0.3) is 0 Å². The summed E-state index contributed by atoms with van der Waals surface area (Å²) in [5.41, 5.74) is 0.469. The maximum atomic E-state index is 11.8. The second kappa shape index (κ2) is 7.07. The number of carbonyl (C=O) groups is 1. The monoisotopic (exact) mass is 279 g/mol. The standard InChI is InChI=1S/C14H25N5O/c1-6-7-16-11-10(2)12(19-9-18-11)17-8-14(3,4)13(20)15-5/h9H,6-8H2,1-5H3,(H,15,20)(H2,16,17,18,19). The Balaban J connectivity index is 2.76. The van der Waals surface area contributed by atoms with Crippen molar-refractivity contribution in [3.05, 3.63) is 11.9 Å². The average Bonchev–Trinajstić information content (AvgIpc) is 2.44. The van der Waals surface area contributed by atoms with Crippen LogP contribution in [0, 0.1) is 12.3 Å². The van der Waals surface area contributed by atoms with Crippen LogP contribution < -0.4 is 16.0 Å². The quantitative estimate of drug-likeness (QED) is 0.709. The molecule has 0 spiro atoms. The number of nitrogens with zero attached hydrogens (tertiary/aromatic N) is 2. The minimum Gasteiger partial charge on any atom is -0.370 e. The van der Waals surface area contributed by atoms with Crippen LogP contribution in [0.15, 0.2) is 6.33 Å². The first-order chi connectivity index (χ1) is 9.42. The molecule has 6 heteroatoms. The first kappa shape index (κ1) is 16.2. The largest absolute Gasteiger partial charge is 0.370 e. The molecule has 0 atom stereocenters. The summed E-state index contributed by atoms with van der Waals surface area (Å²) in [5.74, 6) is 1.60. The lowest BCUT2D eigenvalue weighted by Gasteiger charge is -2.23. The number of hydrogen-bond donors (Lipinski definition) is 3. The van der Waals surface area contributed by atoms with Crippen molar-refractivity contribution in [2.75, 3.05) is 30.8 Å². The lowest BCUT2D eigenvalue weighted by Crippen LogP contribution is -2.39. The van der Waals surface area contributed by atoms with Crippen molar-refractivity contribution in [3.63, 3.8) is 0 Å². The molecule has 20 heavy (non-hydrogen) atoms. The molecule has 0 aliphatic rings. The predicted molar refractivity (Wildman–Crippen MR) is 81.9 cm³/mol. The summed E-state index contributed by atoms with van der Waals surface area (Å²) < 4.78 is 0. The molecule has 1 aromatic heterocycles. The van der Waals surface area contributed by atoms with Gasteiger partial charge in [-0.1, -0.05) is 6.92 Å². The number of anilines is 2. The molecule has 0 aromatic carbocycles. The van der Waals surface area contributed by atoms with Crippen molar-refractivity contribution in [2.24, 2.45) is 5.41 Å². The molecule has 6 nitrogen and oxygen atoms in total. The van der Waals surface area contributed by atoms with E-state index in [1.54, 1.807) is 7.05 Å². The van der Waals surface area contributed by atoms with Gasteiger partial charge in [-0.2, -0.15) is 0 Å². The highest BCUT2D eigenvalue weighted by Crippen LogP contribution is 2.21. The number of carbonyl (C=O) groups excluding carboxylic acids is 1. The van der Waals surface area contributed by atoms with Gasteiger partial charge >= 0.3 is 0 Å². The highest BCUT2D eigenvalue weighted by Gasteiger charge is 2.26. The zero-order valence-corrected chi connectivity index (χ0v) is 13.0. The summed E-state index contributed by atoms with van der Waals surface area (Å²) >= 11 is 0. The van der Waals surface area contributed by atoms with Gasteiger partial charge in [0, 0.05) is 25.7 Å². The van der Waals surface area contributed by atoms with Crippen molar-refractivity contribution >= 4 is 17.5 Å². The van der Waals surface area contributed by atoms with E-state index in [9.17, 15) is 4.79 Å². The van der Waals surface area contributed by atoms with Gasteiger partial charge < -0.3 is 16.0 Å². The summed E-state index contributed by atoms with van der Waals surface area (Å²) in [4.78, 5) is 20.2. The van der Waals surface area contributed by atoms with Crippen molar-refractivity contribution in [1.29, 1.82) is 0 Å². The Morgan fingerprint density at radius 2 is 1.85 bits per heavy atom. The van der Waals surface area contributed by atoms with Gasteiger partial charge in [-0.05, 0) is 27.2 Å². The molecule has 0 aliphatic heterocycles. The van der Waals surface area contributed by atoms with E-state index in [-0.39, 0.29) is 5.91 Å². The van der Waals surface area contributed by atoms with Crippen molar-refractivity contribution in [2.45, 2.75) is 34.1 Å². The fourth-order valence-corrected chi connectivity index (χ4v) is 1.77. The Labute approximate surface area is 120 Å². The van der Waals surface area contributed by atoms with Gasteiger partial charge in [-0.15, -0.1) is 0 Å². The van der Waals surface area contributed by atoms with E-state index in [4.69, 9.17) is 0 Å². The van der Waals surface area contributed by atoms with E-state index in [0.717, 1.165) is 30.2 Å². The van der Waals surface area contributed by atoms with E-state index < -0.39 is 5.41 Å². The van der Waals surface area contributed by atoms with Crippen LogP contribution in [0.2, 0.25) is 0 Å². The van der Waals surface area contributed by atoms with Crippen molar-refractivity contribution < 1.29 is 4.79 Å². The average molecular weight is 279 g/mol. The summed E-state index contributed by atoms with van der Waals surface area (Å²) in [7, 11) is 1.65. The Hall–Kier alpha value is -1.85. The van der Waals surface area contributed by atoms with Gasteiger partial charge in [0.1, 0.15) is 18.0 Å². The predicted octanol–water partition coefficient (Wildman–Crippen LogP) is 1.79. The molecular formula is C14H25N5O. The van der Waals surface area contributed by atoms with Gasteiger partial charge in [0.25, 0.3) is 0 Å². The van der Waals surface area contributed by atoms with Gasteiger partial charge in [-0.3, -0.25) is 4.79 Å². The molecule has 0 bridgehead atoms. The molecule has 0 fully saturated rings. The maximum absolute atomic E-state index is 11.8. The third-order valence-corrected chi connectivity index (χ3v) is 3.17. The topological polar surface area (TPSA) is 78.9 Å². The lowest BCUT2D eigenvalue weighted by molar-refractivity contribution is -0.128. The molecule has 112 valence electrons. The summed E-state index contributed by atoms with van der Waals surface area (Å²) in [6.45, 7) is 9.25. The number of aromatic nitrogens is 2. The van der Waals surface area contributed by atoms with Crippen LogP contribution in [-0.4, -0.2) is 36.0 Å². The minimum absolute atomic E-state index is 0.000964. The third kappa shape index (κ3) is 4.08. The van der Waals surface area contributed by atoms with Crippen LogP contribution in [0.3, 0.4) is 0 Å². The highest BCUT2D eigenvalue weighted by atomic mass is 16.2. The van der Waals surface area contributed by atoms with E-state index in [0.29, 0.717) is 6.54 Å². The molecule has 1 rings (SSSR count). The van der Waals surface area contributed by atoms with E-state index >= 15 is 0 Å². The summed E-state index contributed by atoms with van der Waals surface area (Å²) in [5, 5.41) is 9.17. The number of amides is 1. The van der Waals surface area contributed by atoms with Crippen LogP contribution in [-0.2, 0) is 4.79 Å². The van der Waals surface area contributed by atoms with E-state index in [1.165, 1.54) is 6.33 Å². The van der Waals surface area contributed by atoms with Crippen LogP contribution in [0.1, 0.15) is 32.8 Å². The maximum Gasteiger partial charge on any atom is 0.227 e. The first-order valence-corrected chi connectivity index (χ1v) is 6.94. The van der Waals surface area contributed by atoms with Gasteiger partial charge in [0.05, 0.1) is 5.41 Å². The normalized spacial score (nSPS) is 11.1. The summed E-state index contributed by atoms with van der Waals surface area (Å²) in [6.07, 6.45) is 2.57. The highest BCUT2D eigenvalue weighted by molar-refractivity contribution is 5.82. The zero-order valence-electron chi connectivity index (χ0n) is 13.0. The molecule has 0 unspecified atom stereocenters. The first-order valence-electron chi connectivity index (χ1n) is 6.94. The second-order valence-electron chi connectivity index (χ2n) is 5.44. The molecule has 1 aromatic rings. The van der Waals surface area contributed by atoms with Crippen LogP contribution >= 0.6 is 0 Å². The minimum atomic E-state index is -0.497. The molecular weight excluding hydrogens is 254 g/mol. The lowest BCUT2D eigenvalue weighted by atomic mass is 9.92. The number of hydrogen-bond acceptors (Lipinski definition) is 5. The Morgan fingerprint density at radius 1 is 1.25 bits per heavy atom. The summed E-state index contributed by atoms with van der Waals surface area (Å²) in [6, 6.07) is 0. The second-order valence-corrected chi connectivity index (χ2v) is 5.44. The van der Waals surface area contributed by atoms with Crippen LogP contribution in [0.4, 0.5) is 11.6 Å². The van der Waals surface area contributed by atoms with Gasteiger partial charge in [0.2, 0.25) is 5.91 Å². The molecule has 1 heterocycles. The molecule has 0 saturated carbocycles. The molecule has 0 saturated heterocycles. The Morgan fingerprint density at radius 3 is 2.40 bits per heavy atom. The fourth-order valence-electron chi connectivity index (χ4n) is 1.77. The smallest absolute Gasteiger partial charge is 0.227 e. The molecule has 0 aliphatic carbocycles. The third-order valence-electron chi connectivity index (χ3n) is 3.17. The van der Waals surface area contributed by atoms with Gasteiger partial charge in [-0.25, -0.2) is 9.97 Å². The molecule has 1 amide bonds. The Bertz CT molecular complexity index is 459. The Kier molecular flexibility index (Phi) is 5.73. The number of nitrogens with one attached hydrogen (secondary N) is 3.